The van der Waals surface area contributed by atoms with Crippen molar-refractivity contribution >= 4 is 126 Å². The number of nitrogens with one attached hydrogen (secondary N) is 5. The Morgan fingerprint density at radius 2 is 0.791 bits per heavy atom. The van der Waals surface area contributed by atoms with Gasteiger partial charge >= 0.3 is 12.2 Å². The second kappa shape index (κ2) is 48.4. The summed E-state index contributed by atoms with van der Waals surface area (Å²) in [6, 6.07) is 35.2. The van der Waals surface area contributed by atoms with Crippen LogP contribution in [0.3, 0.4) is 0 Å². The van der Waals surface area contributed by atoms with E-state index in [1.807, 2.05) is 194 Å². The van der Waals surface area contributed by atoms with Crippen LogP contribution in [0.5, 0.6) is 0 Å². The average Bonchev–Trinajstić information content (AvgIpc) is 1.70. The summed E-state index contributed by atoms with van der Waals surface area (Å²) in [7, 11) is 0. The molecule has 13 rings (SSSR count). The van der Waals surface area contributed by atoms with Gasteiger partial charge in [-0.3, -0.25) is 38.7 Å². The first-order valence-electron chi connectivity index (χ1n) is 41.7. The van der Waals surface area contributed by atoms with Gasteiger partial charge < -0.3 is 66.9 Å². The van der Waals surface area contributed by atoms with Crippen molar-refractivity contribution in [1.82, 2.24) is 66.2 Å². The zero-order chi connectivity index (χ0) is 94.1. The molecule has 129 heavy (non-hydrogen) atoms. The van der Waals surface area contributed by atoms with Gasteiger partial charge in [-0.15, -0.1) is 56.7 Å². The number of aliphatic hydroxyl groups is 3. The van der Waals surface area contributed by atoms with Crippen LogP contribution < -0.4 is 32.3 Å². The quantitative estimate of drug-likeness (QED) is 0.0360. The molecule has 3 saturated heterocycles. The van der Waals surface area contributed by atoms with Crippen LogP contribution in [0, 0.1) is 52.0 Å². The highest BCUT2D eigenvalue weighted by Gasteiger charge is 2.47. The molecule has 692 valence electrons. The van der Waals surface area contributed by atoms with Crippen molar-refractivity contribution < 1.29 is 63.1 Å². The second-order valence-electron chi connectivity index (χ2n) is 35.2. The predicted molar refractivity (Wildman–Crippen MR) is 516 cm³/mol. The minimum Gasteiger partial charge on any atom is -0.444 e. The molecule has 0 bridgehead atoms. The fourth-order valence-electron chi connectivity index (χ4n) is 13.6. The van der Waals surface area contributed by atoms with E-state index in [1.54, 1.807) is 110 Å². The van der Waals surface area contributed by atoms with E-state index in [2.05, 4.69) is 96.5 Å². The van der Waals surface area contributed by atoms with E-state index in [-0.39, 0.29) is 82.4 Å². The lowest BCUT2D eigenvalue weighted by atomic mass is 9.85. The summed E-state index contributed by atoms with van der Waals surface area (Å²) in [5.41, 5.74) is 26.4. The molecule has 5 aromatic carbocycles. The number of hydrogen-bond acceptors (Lipinski definition) is 24. The molecule has 8 amide bonds. The standard InChI is InChI=1S/C27H38N4O5S.C24H32N4O4S.C21H27N3O4S.C11H12N2S.C7H4BrN.C4H5NS.CH4/c1-16-21(37-15-29-16)18-10-8-17(9-11-18)13-28-23(33)20-12-19(32)14-31(20)24(34)22(26(2,3)4)30-25(35)36-27(5,6)7;1-14-20(33-13-26-14)17-8-6-16(7-9-17)11-25-22(31)19-10-18(30)12-28(19)23(32)21(24(3,4)5)27-15(2)29;1-13-18(29-12-23-13)15-7-5-14(6-8-15)10-22-19(26)17-9-16(25)11-24(17)20(27)28-21(2,3)4;1-8-11(14-7-13-8)10-4-2-9(6-12)3-5-10;1-9-7-4-2-6(8)3-5-7;1-4-2-6-3-5-4;/h8-11,15,19-20,22,32H,12-14H2,1-7H3,(H,28,33)(H,30,35);6-9,13,18-19,21,30H,10-12H2,1-5H3,(H,25,31)(H,27,29);5-8,12,16-17,25H,9-11H2,1-4H3,(H,22,26);2-5,7H,6,12H2,1H3;2-5H;2-3H,1H3;1H4/t19-,20+,22-;18-,19+,21-;16-,17+;;;;/m111..../s1. The maximum Gasteiger partial charge on any atom is 0.411 e. The SMILES string of the molecule is C.CC(=O)N[C@H](C(=O)N1C[C@H](O)C[C@H]1C(=O)NCc1ccc(-c2scnc2C)cc1)C(C)(C)C.Cc1cscn1.Cc1ncsc1-c1ccc(CN)cc1.Cc1ncsc1-c1ccc(CNC(=O)[C@@H]2C[C@@H](O)CN2C(=O)OC(C)(C)C)cc1.Cc1ncsc1-c1ccc(CNC(=O)[C@@H]2C[C@@H](O)CN2C(=O)[C@@H](NC(=O)OC(C)(C)C)C(C)(C)C)cc1.[C-]#[N+]c1ccc(Br)cc1. The summed E-state index contributed by atoms with van der Waals surface area (Å²) in [6.07, 6.45) is -3.15. The normalized spacial score (nSPS) is 16.8. The largest absolute Gasteiger partial charge is 0.444 e. The monoisotopic (exact) mass is 1920 g/mol. The van der Waals surface area contributed by atoms with Crippen molar-refractivity contribution in [1.29, 1.82) is 0 Å². The van der Waals surface area contributed by atoms with E-state index in [0.29, 0.717) is 25.3 Å². The number of amides is 8. The Morgan fingerprint density at radius 3 is 1.05 bits per heavy atom. The fourth-order valence-corrected chi connectivity index (χ4v) is 17.7. The summed E-state index contributed by atoms with van der Waals surface area (Å²) in [4.78, 5) is 135. The van der Waals surface area contributed by atoms with Crippen molar-refractivity contribution in [2.24, 2.45) is 16.6 Å². The van der Waals surface area contributed by atoms with Gasteiger partial charge in [-0.25, -0.2) is 34.4 Å². The van der Waals surface area contributed by atoms with Crippen LogP contribution in [0.4, 0.5) is 15.3 Å². The molecule has 34 heteroatoms. The first kappa shape index (κ1) is 105. The molecule has 0 radical (unpaired) electrons. The molecule has 28 nitrogen and oxygen atoms in total. The van der Waals surface area contributed by atoms with E-state index in [4.69, 9.17) is 21.8 Å². The maximum absolute atomic E-state index is 13.6. The van der Waals surface area contributed by atoms with Gasteiger partial charge in [-0.05, 0) is 131 Å². The molecule has 3 aliphatic heterocycles. The van der Waals surface area contributed by atoms with Crippen molar-refractivity contribution in [3.8, 4) is 41.8 Å². The summed E-state index contributed by atoms with van der Waals surface area (Å²) >= 11 is 11.3. The van der Waals surface area contributed by atoms with E-state index >= 15 is 0 Å². The van der Waals surface area contributed by atoms with Gasteiger partial charge in [0.15, 0.2) is 5.69 Å². The molecular weight excluding hydrogens is 1800 g/mol. The number of likely N-dealkylation sites (tertiary alicyclic amines) is 3. The number of alkyl carbamates (subject to hydrolysis) is 1. The number of nitrogens with zero attached hydrogens (tertiary/aromatic N) is 9. The molecule has 0 unspecified atom stereocenters. The van der Waals surface area contributed by atoms with Crippen LogP contribution in [0.25, 0.3) is 46.6 Å². The third kappa shape index (κ3) is 32.5. The molecule has 0 aliphatic carbocycles. The molecule has 5 aromatic heterocycles. The van der Waals surface area contributed by atoms with E-state index < -0.39 is 88.6 Å². The third-order valence-corrected chi connectivity index (χ3v) is 25.3. The lowest BCUT2D eigenvalue weighted by molar-refractivity contribution is -0.143. The average molecular weight is 1920 g/mol. The molecule has 10 N–H and O–H groups in total. The molecular formula is C95H122BrN15O13S5. The zero-order valence-electron chi connectivity index (χ0n) is 75.6. The van der Waals surface area contributed by atoms with Crippen LogP contribution >= 0.6 is 72.6 Å². The number of carbonyl (C=O) groups is 8. The zero-order valence-corrected chi connectivity index (χ0v) is 81.3. The number of rotatable bonds is 18. The smallest absolute Gasteiger partial charge is 0.411 e. The molecule has 8 heterocycles. The van der Waals surface area contributed by atoms with Crippen molar-refractivity contribution in [3.63, 3.8) is 0 Å². The molecule has 8 atom stereocenters. The minimum atomic E-state index is -0.939. The lowest BCUT2D eigenvalue weighted by Gasteiger charge is -2.35. The molecule has 10 aromatic rings. The van der Waals surface area contributed by atoms with E-state index in [1.165, 1.54) is 32.1 Å². The Bertz CT molecular complexity index is 5340. The van der Waals surface area contributed by atoms with E-state index in [9.17, 15) is 53.7 Å². The maximum atomic E-state index is 13.6. The number of nitrogens with two attached hydrogens (primary N) is 1. The highest BCUT2D eigenvalue weighted by Crippen LogP contribution is 2.34. The number of benzene rings is 5. The van der Waals surface area contributed by atoms with Gasteiger partial charge in [-0.1, -0.05) is 186 Å². The van der Waals surface area contributed by atoms with Gasteiger partial charge in [0.2, 0.25) is 35.4 Å². The van der Waals surface area contributed by atoms with Crippen molar-refractivity contribution in [2.45, 2.75) is 237 Å². The van der Waals surface area contributed by atoms with Crippen LogP contribution in [0.15, 0.2) is 159 Å². The Morgan fingerprint density at radius 1 is 0.473 bits per heavy atom. The number of thiazole rings is 5. The summed E-state index contributed by atoms with van der Waals surface area (Å²) in [5, 5.41) is 46.5. The Hall–Kier alpha value is -10.6. The highest BCUT2D eigenvalue weighted by atomic mass is 79.9. The van der Waals surface area contributed by atoms with Gasteiger partial charge in [0.25, 0.3) is 0 Å². The molecule has 3 fully saturated rings. The summed E-state index contributed by atoms with van der Waals surface area (Å²) in [5.74, 6) is -2.08. The van der Waals surface area contributed by atoms with Crippen LogP contribution in [0.1, 0.15) is 167 Å². The number of hydrogen-bond donors (Lipinski definition) is 9. The second-order valence-corrected chi connectivity index (χ2v) is 40.3. The van der Waals surface area contributed by atoms with Gasteiger partial charge in [-0.2, -0.15) is 0 Å². The fraction of sp³-hybridized carbons (Fsp3) is 0.432. The number of carbonyl (C=O) groups excluding carboxylic acids is 8. The van der Waals surface area contributed by atoms with Crippen molar-refractivity contribution in [2.75, 3.05) is 19.6 Å². The summed E-state index contributed by atoms with van der Waals surface area (Å²) < 4.78 is 11.7. The van der Waals surface area contributed by atoms with Gasteiger partial charge in [0, 0.05) is 81.0 Å². The minimum absolute atomic E-state index is 0. The Labute approximate surface area is 785 Å². The number of aromatic nitrogens is 5. The Kier molecular flexibility index (Phi) is 39.5. The van der Waals surface area contributed by atoms with Gasteiger partial charge in [0.05, 0.1) is 101 Å². The number of aliphatic hydroxyl groups excluding tert-OH is 3. The lowest BCUT2D eigenvalue weighted by Crippen LogP contribution is -2.58. The first-order chi connectivity index (χ1) is 60.3. The number of ether oxygens (including phenoxy) is 2. The number of aryl methyl sites for hydroxylation is 5. The van der Waals surface area contributed by atoms with Crippen LogP contribution in [-0.4, -0.2) is 182 Å². The Balaban J connectivity index is 0.000000228. The van der Waals surface area contributed by atoms with Crippen LogP contribution in [-0.2, 0) is 64.4 Å². The predicted octanol–water partition coefficient (Wildman–Crippen LogP) is 16.7. The highest BCUT2D eigenvalue weighted by molar-refractivity contribution is 9.10. The van der Waals surface area contributed by atoms with Gasteiger partial charge in [0.1, 0.15) is 41.4 Å². The third-order valence-electron chi connectivity index (χ3n) is 20.2. The molecule has 0 spiro atoms. The van der Waals surface area contributed by atoms with E-state index in [0.717, 1.165) is 86.5 Å². The van der Waals surface area contributed by atoms with Crippen LogP contribution in [0.2, 0.25) is 0 Å². The molecule has 3 aliphatic rings. The summed E-state index contributed by atoms with van der Waals surface area (Å²) in [6.45, 7) is 41.2. The number of halogens is 1. The molecule has 0 saturated carbocycles. The topological polar surface area (TPSA) is 380 Å². The van der Waals surface area contributed by atoms with Crippen molar-refractivity contribution in [3.05, 3.63) is 221 Å². The first-order valence-corrected chi connectivity index (χ1v) is 46.9. The number of β-amino-alcohol motifs (C(OH)–C–C–N with tert-alkyl or cyclic N) is 3.